The lowest BCUT2D eigenvalue weighted by molar-refractivity contribution is 0.160. The number of rotatable bonds is 3. The highest BCUT2D eigenvalue weighted by molar-refractivity contribution is 7.89. The first-order valence-corrected chi connectivity index (χ1v) is 9.66. The Morgan fingerprint density at radius 1 is 1.00 bits per heavy atom. The van der Waals surface area contributed by atoms with Crippen LogP contribution in [0.1, 0.15) is 22.7 Å². The second-order valence-corrected chi connectivity index (χ2v) is 8.43. The summed E-state index contributed by atoms with van der Waals surface area (Å²) in [4.78, 5) is 2.61. The number of hydrogen-bond donors (Lipinski definition) is 0. The zero-order chi connectivity index (χ0) is 17.3. The van der Waals surface area contributed by atoms with Crippen molar-refractivity contribution in [2.45, 2.75) is 24.8 Å². The standard InChI is InChI=1S/C19H24N2O2S/c1-15-9-10-16(2)19(13-15)24(22,23)21-12-11-20(3)14-18(21)17-7-5-4-6-8-17/h4-10,13,18H,11-12,14H2,1-3H3. The SMILES string of the molecule is Cc1ccc(C)c(S(=O)(=O)N2CCN(C)CC2c2ccccc2)c1. The van der Waals surface area contributed by atoms with Gasteiger partial charge in [-0.15, -0.1) is 0 Å². The Hall–Kier alpha value is -1.69. The summed E-state index contributed by atoms with van der Waals surface area (Å²) in [5.41, 5.74) is 2.80. The Bertz CT molecular complexity index is 819. The summed E-state index contributed by atoms with van der Waals surface area (Å²) in [6, 6.07) is 15.4. The van der Waals surface area contributed by atoms with Crippen LogP contribution in [0.3, 0.4) is 0 Å². The lowest BCUT2D eigenvalue weighted by atomic mass is 10.1. The zero-order valence-electron chi connectivity index (χ0n) is 14.4. The Morgan fingerprint density at radius 2 is 1.71 bits per heavy atom. The summed E-state index contributed by atoms with van der Waals surface area (Å²) in [6.07, 6.45) is 0. The van der Waals surface area contributed by atoms with Crippen LogP contribution in [0.25, 0.3) is 0 Å². The molecule has 128 valence electrons. The minimum absolute atomic E-state index is 0.158. The zero-order valence-corrected chi connectivity index (χ0v) is 15.3. The summed E-state index contributed by atoms with van der Waals surface area (Å²) < 4.78 is 28.4. The number of sulfonamides is 1. The molecule has 1 saturated heterocycles. The summed E-state index contributed by atoms with van der Waals surface area (Å²) in [5, 5.41) is 0. The van der Waals surface area contributed by atoms with Crippen LogP contribution < -0.4 is 0 Å². The lowest BCUT2D eigenvalue weighted by Crippen LogP contribution is -2.49. The van der Waals surface area contributed by atoms with Crippen LogP contribution in [0, 0.1) is 13.8 Å². The maximum Gasteiger partial charge on any atom is 0.243 e. The third-order valence-electron chi connectivity index (χ3n) is 4.65. The first kappa shape index (κ1) is 17.1. The van der Waals surface area contributed by atoms with Gasteiger partial charge in [-0.2, -0.15) is 4.31 Å². The third kappa shape index (κ3) is 3.24. The predicted octanol–water partition coefficient (Wildman–Crippen LogP) is 2.98. The average Bonchev–Trinajstić information content (AvgIpc) is 2.57. The smallest absolute Gasteiger partial charge is 0.243 e. The van der Waals surface area contributed by atoms with Crippen molar-refractivity contribution in [3.63, 3.8) is 0 Å². The van der Waals surface area contributed by atoms with Gasteiger partial charge in [-0.1, -0.05) is 42.5 Å². The van der Waals surface area contributed by atoms with Gasteiger partial charge in [0.1, 0.15) is 0 Å². The van der Waals surface area contributed by atoms with Gasteiger partial charge in [0.05, 0.1) is 10.9 Å². The van der Waals surface area contributed by atoms with Crippen molar-refractivity contribution >= 4 is 10.0 Å². The molecule has 4 nitrogen and oxygen atoms in total. The molecule has 0 spiro atoms. The van der Waals surface area contributed by atoms with Crippen LogP contribution in [0.4, 0.5) is 0 Å². The largest absolute Gasteiger partial charge is 0.303 e. The highest BCUT2D eigenvalue weighted by Crippen LogP contribution is 2.32. The first-order valence-electron chi connectivity index (χ1n) is 8.22. The first-order chi connectivity index (χ1) is 11.4. The Balaban J connectivity index is 2.05. The number of aryl methyl sites for hydroxylation is 2. The molecule has 2 aromatic rings. The molecule has 0 amide bonds. The van der Waals surface area contributed by atoms with Crippen molar-refractivity contribution < 1.29 is 8.42 Å². The minimum Gasteiger partial charge on any atom is -0.303 e. The van der Waals surface area contributed by atoms with Gasteiger partial charge in [0.25, 0.3) is 0 Å². The van der Waals surface area contributed by atoms with Crippen LogP contribution in [0.2, 0.25) is 0 Å². The molecular weight excluding hydrogens is 320 g/mol. The van der Waals surface area contributed by atoms with Gasteiger partial charge in [0.15, 0.2) is 0 Å². The normalized spacial score (nSPS) is 20.2. The van der Waals surface area contributed by atoms with E-state index in [1.807, 2.05) is 63.4 Å². The second kappa shape index (κ2) is 6.67. The van der Waals surface area contributed by atoms with E-state index in [1.54, 1.807) is 10.4 Å². The maximum absolute atomic E-state index is 13.4. The monoisotopic (exact) mass is 344 g/mol. The van der Waals surface area contributed by atoms with E-state index in [4.69, 9.17) is 0 Å². The molecule has 1 aliphatic rings. The van der Waals surface area contributed by atoms with Crippen LogP contribution >= 0.6 is 0 Å². The summed E-state index contributed by atoms with van der Waals surface area (Å²) in [7, 11) is -1.49. The fourth-order valence-electron chi connectivity index (χ4n) is 3.25. The molecule has 5 heteroatoms. The van der Waals surface area contributed by atoms with Crippen LogP contribution in [-0.4, -0.2) is 44.3 Å². The van der Waals surface area contributed by atoms with E-state index in [2.05, 4.69) is 4.90 Å². The fraction of sp³-hybridized carbons (Fsp3) is 0.368. The van der Waals surface area contributed by atoms with Crippen LogP contribution in [0.5, 0.6) is 0 Å². The molecule has 1 fully saturated rings. The Morgan fingerprint density at radius 3 is 2.42 bits per heavy atom. The molecule has 1 aliphatic heterocycles. The predicted molar refractivity (Wildman–Crippen MR) is 96.5 cm³/mol. The van der Waals surface area contributed by atoms with Gasteiger partial charge in [-0.25, -0.2) is 8.42 Å². The van der Waals surface area contributed by atoms with Crippen molar-refractivity contribution in [3.8, 4) is 0 Å². The number of likely N-dealkylation sites (N-methyl/N-ethyl adjacent to an activating group) is 1. The average molecular weight is 344 g/mol. The third-order valence-corrected chi connectivity index (χ3v) is 6.70. The molecule has 2 aromatic carbocycles. The maximum atomic E-state index is 13.4. The van der Waals surface area contributed by atoms with E-state index in [9.17, 15) is 8.42 Å². The Labute approximate surface area is 144 Å². The van der Waals surface area contributed by atoms with Crippen LogP contribution in [0.15, 0.2) is 53.4 Å². The van der Waals surface area contributed by atoms with Crippen molar-refractivity contribution in [1.29, 1.82) is 0 Å². The van der Waals surface area contributed by atoms with Gasteiger partial charge in [0, 0.05) is 19.6 Å². The second-order valence-electron chi connectivity index (χ2n) is 6.57. The molecule has 1 unspecified atom stereocenters. The highest BCUT2D eigenvalue weighted by Gasteiger charge is 2.36. The number of benzene rings is 2. The van der Waals surface area contributed by atoms with Gasteiger partial charge in [0.2, 0.25) is 10.0 Å². The summed E-state index contributed by atoms with van der Waals surface area (Å²) >= 11 is 0. The molecule has 0 bridgehead atoms. The molecule has 0 N–H and O–H groups in total. The molecule has 0 radical (unpaired) electrons. The Kier molecular flexibility index (Phi) is 4.76. The van der Waals surface area contributed by atoms with E-state index in [0.717, 1.165) is 23.2 Å². The molecule has 1 atom stereocenters. The number of piperazine rings is 1. The number of nitrogens with zero attached hydrogens (tertiary/aromatic N) is 2. The summed E-state index contributed by atoms with van der Waals surface area (Å²) in [6.45, 7) is 5.74. The molecule has 0 aromatic heterocycles. The molecule has 1 heterocycles. The van der Waals surface area contributed by atoms with Gasteiger partial charge in [-0.05, 0) is 43.7 Å². The topological polar surface area (TPSA) is 40.6 Å². The van der Waals surface area contributed by atoms with Crippen molar-refractivity contribution in [2.24, 2.45) is 0 Å². The molecular formula is C19H24N2O2S. The molecule has 24 heavy (non-hydrogen) atoms. The van der Waals surface area contributed by atoms with E-state index in [-0.39, 0.29) is 6.04 Å². The van der Waals surface area contributed by atoms with Crippen molar-refractivity contribution in [2.75, 3.05) is 26.7 Å². The van der Waals surface area contributed by atoms with Crippen molar-refractivity contribution in [3.05, 3.63) is 65.2 Å². The van der Waals surface area contributed by atoms with E-state index >= 15 is 0 Å². The van der Waals surface area contributed by atoms with Gasteiger partial charge >= 0.3 is 0 Å². The van der Waals surface area contributed by atoms with E-state index in [1.165, 1.54) is 0 Å². The van der Waals surface area contributed by atoms with Gasteiger partial charge in [-0.3, -0.25) is 0 Å². The van der Waals surface area contributed by atoms with Crippen LogP contribution in [-0.2, 0) is 10.0 Å². The highest BCUT2D eigenvalue weighted by atomic mass is 32.2. The molecule has 0 aliphatic carbocycles. The quantitative estimate of drug-likeness (QED) is 0.859. The van der Waals surface area contributed by atoms with E-state index < -0.39 is 10.0 Å². The minimum atomic E-state index is -3.53. The fourth-order valence-corrected chi connectivity index (χ4v) is 5.16. The van der Waals surface area contributed by atoms with Crippen molar-refractivity contribution in [1.82, 2.24) is 9.21 Å². The number of hydrogen-bond acceptors (Lipinski definition) is 3. The summed E-state index contributed by atoms with van der Waals surface area (Å²) in [5.74, 6) is 0. The molecule has 0 saturated carbocycles. The molecule has 3 rings (SSSR count). The van der Waals surface area contributed by atoms with E-state index in [0.29, 0.717) is 18.0 Å². The lowest BCUT2D eigenvalue weighted by Gasteiger charge is -2.39. The van der Waals surface area contributed by atoms with Gasteiger partial charge < -0.3 is 4.90 Å².